The largest absolute Gasteiger partial charge is 0.503 e. The van der Waals surface area contributed by atoms with E-state index in [2.05, 4.69) is 0 Å². The number of carbonyl (C=O) groups is 2. The number of hydrogen-bond acceptors (Lipinski definition) is 7. The number of carbonyl (C=O) groups excluding carboxylic acids is 2. The highest BCUT2D eigenvalue weighted by molar-refractivity contribution is 6.15. The fourth-order valence-corrected chi connectivity index (χ4v) is 4.21. The van der Waals surface area contributed by atoms with Crippen LogP contribution >= 0.6 is 0 Å². The van der Waals surface area contributed by atoms with Gasteiger partial charge in [-0.05, 0) is 24.3 Å². The minimum Gasteiger partial charge on any atom is -0.503 e. The Morgan fingerprint density at radius 2 is 2.00 bits per heavy atom. The highest BCUT2D eigenvalue weighted by atomic mass is 16.5. The molecule has 0 aliphatic carbocycles. The van der Waals surface area contributed by atoms with Crippen LogP contribution in [-0.2, 0) is 9.53 Å². The van der Waals surface area contributed by atoms with Crippen LogP contribution in [0.15, 0.2) is 52.3 Å². The van der Waals surface area contributed by atoms with Crippen LogP contribution < -0.4 is 14.4 Å². The van der Waals surface area contributed by atoms with Crippen molar-refractivity contribution < 1.29 is 38.2 Å². The van der Waals surface area contributed by atoms with E-state index in [1.165, 1.54) is 29.2 Å². The number of benzene rings is 1. The summed E-state index contributed by atoms with van der Waals surface area (Å²) in [7, 11) is 3.05. The summed E-state index contributed by atoms with van der Waals surface area (Å²) < 4.78 is 21.5. The van der Waals surface area contributed by atoms with Crippen LogP contribution in [0.25, 0.3) is 0 Å². The number of ketones is 1. The van der Waals surface area contributed by atoms with Gasteiger partial charge in [-0.1, -0.05) is 0 Å². The number of quaternary nitrogens is 1. The maximum Gasteiger partial charge on any atom is 0.290 e. The molecule has 9 heteroatoms. The Labute approximate surface area is 185 Å². The van der Waals surface area contributed by atoms with E-state index in [9.17, 15) is 14.7 Å². The van der Waals surface area contributed by atoms with E-state index in [0.717, 1.165) is 13.1 Å². The summed E-state index contributed by atoms with van der Waals surface area (Å²) in [6.45, 7) is 4.05. The highest BCUT2D eigenvalue weighted by Gasteiger charge is 2.45. The molecular formula is C23H27N2O7+. The molecule has 170 valence electrons. The fraction of sp³-hybridized carbons (Fsp3) is 0.391. The lowest BCUT2D eigenvalue weighted by Gasteiger charge is -2.30. The lowest BCUT2D eigenvalue weighted by Crippen LogP contribution is -3.14. The Morgan fingerprint density at radius 1 is 1.22 bits per heavy atom. The van der Waals surface area contributed by atoms with Crippen LogP contribution in [0.1, 0.15) is 22.2 Å². The minimum atomic E-state index is -0.818. The number of methoxy groups -OCH3 is 2. The van der Waals surface area contributed by atoms with E-state index in [1.54, 1.807) is 31.4 Å². The highest BCUT2D eigenvalue weighted by Crippen LogP contribution is 2.43. The molecule has 2 aromatic rings. The van der Waals surface area contributed by atoms with Gasteiger partial charge in [0.25, 0.3) is 5.91 Å². The third kappa shape index (κ3) is 4.09. The van der Waals surface area contributed by atoms with Crippen molar-refractivity contribution in [3.05, 3.63) is 59.3 Å². The van der Waals surface area contributed by atoms with Crippen LogP contribution in [0, 0.1) is 0 Å². The van der Waals surface area contributed by atoms with E-state index in [-0.39, 0.29) is 11.3 Å². The predicted molar refractivity (Wildman–Crippen MR) is 113 cm³/mol. The molecule has 2 N–H and O–H groups in total. The number of rotatable bonds is 8. The van der Waals surface area contributed by atoms with Crippen LogP contribution in [0.2, 0.25) is 0 Å². The van der Waals surface area contributed by atoms with E-state index < -0.39 is 23.5 Å². The summed E-state index contributed by atoms with van der Waals surface area (Å²) in [6.07, 6.45) is 1.38. The SMILES string of the molecule is COc1ccc([C@H]2C(C(=O)c3ccco3)=C(O)C(=O)N2CC[NH+]2CCOCC2)c(OC)c1. The van der Waals surface area contributed by atoms with Gasteiger partial charge in [0.2, 0.25) is 5.78 Å². The number of nitrogens with zero attached hydrogens (tertiary/aromatic N) is 1. The van der Waals surface area contributed by atoms with Crippen molar-refractivity contribution in [2.24, 2.45) is 0 Å². The number of morpholine rings is 1. The van der Waals surface area contributed by atoms with Gasteiger partial charge in [-0.25, -0.2) is 0 Å². The molecule has 3 heterocycles. The molecular weight excluding hydrogens is 416 g/mol. The maximum atomic E-state index is 13.2. The average Bonchev–Trinajstić information content (AvgIpc) is 3.45. The van der Waals surface area contributed by atoms with Crippen molar-refractivity contribution in [3.63, 3.8) is 0 Å². The first-order valence-corrected chi connectivity index (χ1v) is 10.5. The molecule has 0 saturated carbocycles. The number of nitrogens with one attached hydrogen (secondary N) is 1. The second kappa shape index (κ2) is 9.46. The molecule has 2 aliphatic rings. The first-order chi connectivity index (χ1) is 15.5. The molecule has 1 saturated heterocycles. The minimum absolute atomic E-state index is 0.0228. The summed E-state index contributed by atoms with van der Waals surface area (Å²) in [5.41, 5.74) is 0.558. The molecule has 1 amide bonds. The van der Waals surface area contributed by atoms with Crippen LogP contribution in [-0.4, -0.2) is 75.3 Å². The smallest absolute Gasteiger partial charge is 0.290 e. The third-order valence-corrected chi connectivity index (χ3v) is 5.93. The summed E-state index contributed by atoms with van der Waals surface area (Å²) in [5, 5.41) is 10.8. The first-order valence-electron chi connectivity index (χ1n) is 10.5. The molecule has 4 rings (SSSR count). The van der Waals surface area contributed by atoms with Gasteiger partial charge in [0, 0.05) is 11.6 Å². The fourth-order valence-electron chi connectivity index (χ4n) is 4.21. The van der Waals surface area contributed by atoms with Crippen molar-refractivity contribution in [1.82, 2.24) is 4.90 Å². The van der Waals surface area contributed by atoms with Crippen molar-refractivity contribution in [2.45, 2.75) is 6.04 Å². The summed E-state index contributed by atoms with van der Waals surface area (Å²) in [5.74, 6) is -0.610. The van der Waals surface area contributed by atoms with Crippen molar-refractivity contribution in [3.8, 4) is 11.5 Å². The second-order valence-electron chi connectivity index (χ2n) is 7.69. The molecule has 1 aromatic heterocycles. The Bertz CT molecular complexity index is 1010. The standard InChI is InChI=1S/C23H26N2O7/c1-29-15-5-6-16(18(14-15)30-2)20-19(21(26)17-4-3-11-32-17)22(27)23(28)25(20)8-7-24-9-12-31-13-10-24/h3-6,11,14,20,27H,7-10,12-13H2,1-2H3/p+1/t20-/m0/s1. The Kier molecular flexibility index (Phi) is 6.48. The molecule has 9 nitrogen and oxygen atoms in total. The topological polar surface area (TPSA) is 103 Å². The summed E-state index contributed by atoms with van der Waals surface area (Å²) >= 11 is 0. The number of aliphatic hydroxyl groups is 1. The summed E-state index contributed by atoms with van der Waals surface area (Å²) in [4.78, 5) is 29.2. The van der Waals surface area contributed by atoms with Gasteiger partial charge >= 0.3 is 0 Å². The van der Waals surface area contributed by atoms with Gasteiger partial charge in [0.05, 0.1) is 58.4 Å². The van der Waals surface area contributed by atoms with E-state index >= 15 is 0 Å². The van der Waals surface area contributed by atoms with Gasteiger partial charge in [-0.2, -0.15) is 0 Å². The number of amides is 1. The van der Waals surface area contributed by atoms with Crippen LogP contribution in [0.5, 0.6) is 11.5 Å². The molecule has 0 bridgehead atoms. The van der Waals surface area contributed by atoms with Gasteiger partial charge < -0.3 is 33.5 Å². The van der Waals surface area contributed by atoms with Crippen LogP contribution in [0.3, 0.4) is 0 Å². The van der Waals surface area contributed by atoms with E-state index in [0.29, 0.717) is 43.4 Å². The van der Waals surface area contributed by atoms with E-state index in [4.69, 9.17) is 18.6 Å². The normalized spacial score (nSPS) is 19.5. The quantitative estimate of drug-likeness (QED) is 0.582. The van der Waals surface area contributed by atoms with Gasteiger partial charge in [0.15, 0.2) is 11.5 Å². The predicted octanol–water partition coefficient (Wildman–Crippen LogP) is 0.790. The number of Topliss-reactive ketones (excluding diaryl/α,β-unsaturated/α-hetero) is 1. The van der Waals surface area contributed by atoms with E-state index in [1.807, 2.05) is 0 Å². The number of aliphatic hydroxyl groups excluding tert-OH is 1. The monoisotopic (exact) mass is 443 g/mol. The molecule has 1 atom stereocenters. The molecule has 2 aliphatic heterocycles. The maximum absolute atomic E-state index is 13.2. The molecule has 0 spiro atoms. The first kappa shape index (κ1) is 21.9. The van der Waals surface area contributed by atoms with Gasteiger partial charge in [-0.15, -0.1) is 0 Å². The van der Waals surface area contributed by atoms with Crippen molar-refractivity contribution in [1.29, 1.82) is 0 Å². The number of ether oxygens (including phenoxy) is 3. The van der Waals surface area contributed by atoms with Crippen molar-refractivity contribution >= 4 is 11.7 Å². The van der Waals surface area contributed by atoms with Crippen molar-refractivity contribution in [2.75, 3.05) is 53.6 Å². The molecule has 1 aromatic carbocycles. The summed E-state index contributed by atoms with van der Waals surface area (Å²) in [6, 6.07) is 7.45. The third-order valence-electron chi connectivity index (χ3n) is 5.93. The van der Waals surface area contributed by atoms with Gasteiger partial charge in [0.1, 0.15) is 24.6 Å². The lowest BCUT2D eigenvalue weighted by atomic mass is 9.94. The molecule has 0 unspecified atom stereocenters. The Morgan fingerprint density at radius 3 is 2.66 bits per heavy atom. The van der Waals surface area contributed by atoms with Crippen LogP contribution in [0.4, 0.5) is 0 Å². The van der Waals surface area contributed by atoms with Gasteiger partial charge in [-0.3, -0.25) is 9.59 Å². The Hall–Kier alpha value is -3.30. The lowest BCUT2D eigenvalue weighted by molar-refractivity contribution is -0.907. The zero-order valence-corrected chi connectivity index (χ0v) is 18.1. The number of furan rings is 1. The second-order valence-corrected chi connectivity index (χ2v) is 7.69. The Balaban J connectivity index is 1.73. The average molecular weight is 443 g/mol. The molecule has 32 heavy (non-hydrogen) atoms. The molecule has 0 radical (unpaired) electrons. The zero-order chi connectivity index (χ0) is 22.7. The zero-order valence-electron chi connectivity index (χ0n) is 18.1. The number of hydrogen-bond donors (Lipinski definition) is 2. The molecule has 1 fully saturated rings.